The highest BCUT2D eigenvalue weighted by molar-refractivity contribution is 6.00. The van der Waals surface area contributed by atoms with E-state index in [0.29, 0.717) is 18.0 Å². The Morgan fingerprint density at radius 1 is 1.05 bits per heavy atom. The minimum atomic E-state index is -0.576. The molecule has 1 amide bonds. The molecule has 0 heterocycles. The molecule has 0 atom stereocenters. The number of rotatable bonds is 5. The zero-order chi connectivity index (χ0) is 13.7. The van der Waals surface area contributed by atoms with E-state index in [0.717, 1.165) is 6.42 Å². The first-order valence-electron chi connectivity index (χ1n) is 6.03. The number of nitrogens with two attached hydrogens (primary N) is 2. The summed E-state index contributed by atoms with van der Waals surface area (Å²) >= 11 is 0. The van der Waals surface area contributed by atoms with Gasteiger partial charge < -0.3 is 16.2 Å². The Hall–Kier alpha value is -2.49. The number of benzene rings is 2. The molecule has 0 aliphatic rings. The molecule has 4 nitrogen and oxygen atoms in total. The van der Waals surface area contributed by atoms with E-state index in [1.807, 2.05) is 30.3 Å². The third kappa shape index (κ3) is 3.25. The Morgan fingerprint density at radius 3 is 2.47 bits per heavy atom. The second-order valence-electron chi connectivity index (χ2n) is 4.17. The average molecular weight is 256 g/mol. The number of anilines is 1. The summed E-state index contributed by atoms with van der Waals surface area (Å²) < 4.78 is 5.60. The van der Waals surface area contributed by atoms with Gasteiger partial charge in [0.2, 0.25) is 0 Å². The van der Waals surface area contributed by atoms with Crippen LogP contribution in [0.3, 0.4) is 0 Å². The standard InChI is InChI=1S/C15H16N2O2/c16-12-7-4-8-13(14(12)15(17)18)19-10-9-11-5-2-1-3-6-11/h1-8H,9-10,16H2,(H2,17,18). The molecule has 0 aromatic heterocycles. The van der Waals surface area contributed by atoms with Crippen molar-refractivity contribution in [2.45, 2.75) is 6.42 Å². The van der Waals surface area contributed by atoms with Crippen LogP contribution < -0.4 is 16.2 Å². The maximum Gasteiger partial charge on any atom is 0.254 e. The maximum absolute atomic E-state index is 11.3. The highest BCUT2D eigenvalue weighted by Gasteiger charge is 2.12. The Labute approximate surface area is 112 Å². The van der Waals surface area contributed by atoms with Gasteiger partial charge in [0.25, 0.3) is 5.91 Å². The van der Waals surface area contributed by atoms with Crippen LogP contribution in [0.5, 0.6) is 5.75 Å². The minimum Gasteiger partial charge on any atom is -0.492 e. The second kappa shape index (κ2) is 5.91. The Bertz CT molecular complexity index is 568. The molecular formula is C15H16N2O2. The van der Waals surface area contributed by atoms with E-state index in [9.17, 15) is 4.79 Å². The van der Waals surface area contributed by atoms with Crippen molar-refractivity contribution in [2.75, 3.05) is 12.3 Å². The molecule has 2 aromatic rings. The van der Waals surface area contributed by atoms with Gasteiger partial charge in [-0.1, -0.05) is 36.4 Å². The van der Waals surface area contributed by atoms with Crippen molar-refractivity contribution >= 4 is 11.6 Å². The Morgan fingerprint density at radius 2 is 1.79 bits per heavy atom. The van der Waals surface area contributed by atoms with Gasteiger partial charge in [-0.15, -0.1) is 0 Å². The summed E-state index contributed by atoms with van der Waals surface area (Å²) in [6, 6.07) is 15.0. The molecule has 2 aromatic carbocycles. The molecule has 0 aliphatic heterocycles. The van der Waals surface area contributed by atoms with Crippen LogP contribution in [0, 0.1) is 0 Å². The number of hydrogen-bond donors (Lipinski definition) is 2. The van der Waals surface area contributed by atoms with E-state index in [4.69, 9.17) is 16.2 Å². The van der Waals surface area contributed by atoms with Crippen LogP contribution in [0.4, 0.5) is 5.69 Å². The van der Waals surface area contributed by atoms with Crippen LogP contribution in [0.15, 0.2) is 48.5 Å². The molecule has 4 heteroatoms. The van der Waals surface area contributed by atoms with E-state index in [1.165, 1.54) is 5.56 Å². The molecule has 19 heavy (non-hydrogen) atoms. The van der Waals surface area contributed by atoms with Crippen LogP contribution >= 0.6 is 0 Å². The molecule has 0 saturated carbocycles. The third-order valence-corrected chi connectivity index (χ3v) is 2.80. The highest BCUT2D eigenvalue weighted by Crippen LogP contribution is 2.23. The first kappa shape index (κ1) is 13.0. The fourth-order valence-electron chi connectivity index (χ4n) is 1.86. The molecule has 98 valence electrons. The van der Waals surface area contributed by atoms with Gasteiger partial charge in [0.1, 0.15) is 11.3 Å². The number of amides is 1. The predicted molar refractivity (Wildman–Crippen MR) is 75.0 cm³/mol. The number of carbonyl (C=O) groups excluding carboxylic acids is 1. The van der Waals surface area contributed by atoms with Gasteiger partial charge in [-0.05, 0) is 17.7 Å². The molecule has 0 radical (unpaired) electrons. The monoisotopic (exact) mass is 256 g/mol. The molecule has 0 fully saturated rings. The van der Waals surface area contributed by atoms with Crippen molar-refractivity contribution in [1.82, 2.24) is 0 Å². The lowest BCUT2D eigenvalue weighted by atomic mass is 10.1. The van der Waals surface area contributed by atoms with Gasteiger partial charge in [-0.3, -0.25) is 4.79 Å². The first-order valence-corrected chi connectivity index (χ1v) is 6.03. The van der Waals surface area contributed by atoms with Crippen molar-refractivity contribution in [2.24, 2.45) is 5.73 Å². The summed E-state index contributed by atoms with van der Waals surface area (Å²) in [4.78, 5) is 11.3. The fraction of sp³-hybridized carbons (Fsp3) is 0.133. The molecule has 0 spiro atoms. The number of primary amides is 1. The molecule has 0 unspecified atom stereocenters. The molecule has 4 N–H and O–H groups in total. The average Bonchev–Trinajstić information content (AvgIpc) is 2.39. The maximum atomic E-state index is 11.3. The van der Waals surface area contributed by atoms with Gasteiger partial charge in [0.05, 0.1) is 6.61 Å². The summed E-state index contributed by atoms with van der Waals surface area (Å²) in [5, 5.41) is 0. The number of carbonyl (C=O) groups is 1. The first-order chi connectivity index (χ1) is 9.18. The molecule has 2 rings (SSSR count). The van der Waals surface area contributed by atoms with E-state index in [-0.39, 0.29) is 5.56 Å². The van der Waals surface area contributed by atoms with Crippen LogP contribution in [-0.4, -0.2) is 12.5 Å². The van der Waals surface area contributed by atoms with Crippen LogP contribution in [-0.2, 0) is 6.42 Å². The van der Waals surface area contributed by atoms with Crippen LogP contribution in [0.1, 0.15) is 15.9 Å². The van der Waals surface area contributed by atoms with Gasteiger partial charge in [0, 0.05) is 12.1 Å². The lowest BCUT2D eigenvalue weighted by Crippen LogP contribution is -2.16. The smallest absolute Gasteiger partial charge is 0.254 e. The zero-order valence-corrected chi connectivity index (χ0v) is 10.5. The molecule has 0 bridgehead atoms. The summed E-state index contributed by atoms with van der Waals surface area (Å²) in [5.74, 6) is -0.142. The highest BCUT2D eigenvalue weighted by atomic mass is 16.5. The topological polar surface area (TPSA) is 78.3 Å². The van der Waals surface area contributed by atoms with Crippen LogP contribution in [0.2, 0.25) is 0 Å². The zero-order valence-electron chi connectivity index (χ0n) is 10.5. The van der Waals surface area contributed by atoms with Crippen molar-refractivity contribution in [3.05, 3.63) is 59.7 Å². The molecule has 0 aliphatic carbocycles. The van der Waals surface area contributed by atoms with E-state index in [2.05, 4.69) is 0 Å². The van der Waals surface area contributed by atoms with Gasteiger partial charge in [0.15, 0.2) is 0 Å². The molecular weight excluding hydrogens is 240 g/mol. The van der Waals surface area contributed by atoms with Gasteiger partial charge in [-0.2, -0.15) is 0 Å². The summed E-state index contributed by atoms with van der Waals surface area (Å²) in [6.45, 7) is 0.466. The SMILES string of the molecule is NC(=O)c1c(N)cccc1OCCc1ccccc1. The third-order valence-electron chi connectivity index (χ3n) is 2.80. The van der Waals surface area contributed by atoms with Crippen molar-refractivity contribution in [1.29, 1.82) is 0 Å². The lowest BCUT2D eigenvalue weighted by molar-refractivity contribution is 0.0997. The second-order valence-corrected chi connectivity index (χ2v) is 4.17. The summed E-state index contributed by atoms with van der Waals surface area (Å²) in [6.07, 6.45) is 0.758. The Kier molecular flexibility index (Phi) is 4.03. The van der Waals surface area contributed by atoms with E-state index in [1.54, 1.807) is 18.2 Å². The van der Waals surface area contributed by atoms with Crippen molar-refractivity contribution in [3.8, 4) is 5.75 Å². The Balaban J connectivity index is 2.04. The lowest BCUT2D eigenvalue weighted by Gasteiger charge is -2.11. The number of ether oxygens (including phenoxy) is 1. The summed E-state index contributed by atoms with van der Waals surface area (Å²) in [5.41, 5.74) is 12.8. The van der Waals surface area contributed by atoms with Gasteiger partial charge in [-0.25, -0.2) is 0 Å². The van der Waals surface area contributed by atoms with Gasteiger partial charge >= 0.3 is 0 Å². The normalized spacial score (nSPS) is 10.1. The quantitative estimate of drug-likeness (QED) is 0.803. The number of hydrogen-bond acceptors (Lipinski definition) is 3. The van der Waals surface area contributed by atoms with E-state index >= 15 is 0 Å². The van der Waals surface area contributed by atoms with Crippen molar-refractivity contribution < 1.29 is 9.53 Å². The van der Waals surface area contributed by atoms with Crippen LogP contribution in [0.25, 0.3) is 0 Å². The van der Waals surface area contributed by atoms with Crippen molar-refractivity contribution in [3.63, 3.8) is 0 Å². The summed E-state index contributed by atoms with van der Waals surface area (Å²) in [7, 11) is 0. The fourth-order valence-corrected chi connectivity index (χ4v) is 1.86. The predicted octanol–water partition coefficient (Wildman–Crippen LogP) is 1.99. The largest absolute Gasteiger partial charge is 0.492 e. The number of nitrogen functional groups attached to an aromatic ring is 1. The minimum absolute atomic E-state index is 0.246. The molecule has 0 saturated heterocycles. The van der Waals surface area contributed by atoms with E-state index < -0.39 is 5.91 Å².